The normalized spacial score (nSPS) is 13.4. The van der Waals surface area contributed by atoms with Gasteiger partial charge in [-0.15, -0.1) is 0 Å². The highest BCUT2D eigenvalue weighted by atomic mass is 28.3. The average molecular weight is 397 g/mol. The number of fused-ring (bicyclic) bond motifs is 1. The minimum absolute atomic E-state index is 0.0186. The van der Waals surface area contributed by atoms with Gasteiger partial charge in [-0.1, -0.05) is 58.0 Å². The number of aromatic amines is 1. The van der Waals surface area contributed by atoms with Crippen molar-refractivity contribution >= 4 is 20.1 Å². The van der Waals surface area contributed by atoms with Gasteiger partial charge in [0.2, 0.25) is 0 Å². The van der Waals surface area contributed by atoms with Crippen molar-refractivity contribution in [3.8, 4) is 5.75 Å². The zero-order valence-electron chi connectivity index (χ0n) is 17.8. The second kappa shape index (κ2) is 8.49. The maximum Gasteiger partial charge on any atom is 0.171 e. The molecule has 3 rings (SSSR count). The SMILES string of the molecule is CC(C)C(C)(C)C(O[SiH](C)C)c1cc2cc(OCc3ccccc3)cnc2[nH]1. The van der Waals surface area contributed by atoms with E-state index >= 15 is 0 Å². The fraction of sp³-hybridized carbons (Fsp3) is 0.435. The summed E-state index contributed by atoms with van der Waals surface area (Å²) in [6.07, 6.45) is 1.81. The summed E-state index contributed by atoms with van der Waals surface area (Å²) in [5.74, 6) is 1.27. The lowest BCUT2D eigenvalue weighted by Gasteiger charge is -2.38. The first-order valence-electron chi connectivity index (χ1n) is 10.1. The molecule has 0 bridgehead atoms. The van der Waals surface area contributed by atoms with Gasteiger partial charge in [-0.25, -0.2) is 4.98 Å². The molecule has 0 spiro atoms. The summed E-state index contributed by atoms with van der Waals surface area (Å²) in [5, 5.41) is 1.05. The van der Waals surface area contributed by atoms with Gasteiger partial charge in [-0.3, -0.25) is 0 Å². The molecule has 0 radical (unpaired) electrons. The molecule has 5 heteroatoms. The summed E-state index contributed by atoms with van der Waals surface area (Å²) < 4.78 is 12.4. The first-order valence-corrected chi connectivity index (χ1v) is 12.9. The summed E-state index contributed by atoms with van der Waals surface area (Å²) >= 11 is 0. The predicted octanol–water partition coefficient (Wildman–Crippen LogP) is 5.87. The Labute approximate surface area is 170 Å². The van der Waals surface area contributed by atoms with Crippen LogP contribution in [0.2, 0.25) is 13.1 Å². The molecule has 2 aromatic heterocycles. The Morgan fingerprint density at radius 2 is 1.82 bits per heavy atom. The lowest BCUT2D eigenvalue weighted by Crippen LogP contribution is -2.32. The Balaban J connectivity index is 1.85. The van der Waals surface area contributed by atoms with Gasteiger partial charge < -0.3 is 14.1 Å². The van der Waals surface area contributed by atoms with Gasteiger partial charge in [0.1, 0.15) is 18.0 Å². The van der Waals surface area contributed by atoms with Crippen molar-refractivity contribution in [2.24, 2.45) is 11.3 Å². The van der Waals surface area contributed by atoms with Crippen molar-refractivity contribution in [1.29, 1.82) is 0 Å². The topological polar surface area (TPSA) is 47.1 Å². The number of aromatic nitrogens is 2. The van der Waals surface area contributed by atoms with E-state index in [-0.39, 0.29) is 11.5 Å². The molecule has 3 aromatic rings. The molecule has 4 nitrogen and oxygen atoms in total. The number of H-pyrrole nitrogens is 1. The molecule has 0 amide bonds. The van der Waals surface area contributed by atoms with Gasteiger partial charge >= 0.3 is 0 Å². The first-order chi connectivity index (χ1) is 13.3. The van der Waals surface area contributed by atoms with Crippen molar-refractivity contribution in [1.82, 2.24) is 9.97 Å². The van der Waals surface area contributed by atoms with Crippen molar-refractivity contribution < 1.29 is 9.16 Å². The van der Waals surface area contributed by atoms with Crippen molar-refractivity contribution in [2.45, 2.75) is 53.5 Å². The number of hydrogen-bond donors (Lipinski definition) is 1. The van der Waals surface area contributed by atoms with E-state index in [0.29, 0.717) is 12.5 Å². The fourth-order valence-electron chi connectivity index (χ4n) is 3.20. The van der Waals surface area contributed by atoms with Crippen LogP contribution >= 0.6 is 0 Å². The molecule has 1 atom stereocenters. The molecular weight excluding hydrogens is 364 g/mol. The number of nitrogens with zero attached hydrogens (tertiary/aromatic N) is 1. The average Bonchev–Trinajstić information content (AvgIpc) is 3.07. The van der Waals surface area contributed by atoms with Gasteiger partial charge in [-0.2, -0.15) is 0 Å². The second-order valence-corrected chi connectivity index (χ2v) is 11.0. The highest BCUT2D eigenvalue weighted by molar-refractivity contribution is 6.48. The van der Waals surface area contributed by atoms with E-state index in [2.05, 4.69) is 75.0 Å². The number of ether oxygens (including phenoxy) is 1. The van der Waals surface area contributed by atoms with Crippen LogP contribution in [0.3, 0.4) is 0 Å². The van der Waals surface area contributed by atoms with E-state index in [9.17, 15) is 0 Å². The minimum atomic E-state index is -1.20. The highest BCUT2D eigenvalue weighted by Gasteiger charge is 2.36. The molecular formula is C23H32N2O2Si. The van der Waals surface area contributed by atoms with Crippen molar-refractivity contribution in [2.75, 3.05) is 0 Å². The van der Waals surface area contributed by atoms with E-state index in [0.717, 1.165) is 28.0 Å². The number of benzene rings is 1. The molecule has 1 aromatic carbocycles. The van der Waals surface area contributed by atoms with E-state index in [1.165, 1.54) is 0 Å². The Morgan fingerprint density at radius 1 is 1.11 bits per heavy atom. The molecule has 1 unspecified atom stereocenters. The summed E-state index contributed by atoms with van der Waals surface area (Å²) in [4.78, 5) is 8.07. The summed E-state index contributed by atoms with van der Waals surface area (Å²) in [6.45, 7) is 14.1. The minimum Gasteiger partial charge on any atom is -0.487 e. The monoisotopic (exact) mass is 396 g/mol. The maximum atomic E-state index is 6.48. The molecule has 0 aliphatic heterocycles. The standard InChI is InChI=1S/C23H32N2O2Si/c1-16(2)23(3,4)21(27-28(5)6)20-13-18-12-19(14-24-22(18)25-20)26-15-17-10-8-7-9-11-17/h7-14,16,21,28H,15H2,1-6H3,(H,24,25). The maximum absolute atomic E-state index is 6.48. The highest BCUT2D eigenvalue weighted by Crippen LogP contribution is 2.43. The third-order valence-electron chi connectivity index (χ3n) is 5.57. The van der Waals surface area contributed by atoms with Gasteiger partial charge in [0, 0.05) is 11.1 Å². The van der Waals surface area contributed by atoms with Gasteiger partial charge in [0.05, 0.1) is 12.3 Å². The molecule has 0 aliphatic rings. The van der Waals surface area contributed by atoms with Crippen LogP contribution in [0.5, 0.6) is 5.75 Å². The second-order valence-electron chi connectivity index (χ2n) is 8.65. The largest absolute Gasteiger partial charge is 0.487 e. The lowest BCUT2D eigenvalue weighted by molar-refractivity contribution is 0.0326. The quantitative estimate of drug-likeness (QED) is 0.485. The Morgan fingerprint density at radius 3 is 2.46 bits per heavy atom. The number of rotatable bonds is 8. The third-order valence-corrected chi connectivity index (χ3v) is 6.39. The Bertz CT molecular complexity index is 903. The first kappa shape index (κ1) is 20.6. The van der Waals surface area contributed by atoms with Crippen LogP contribution in [0, 0.1) is 11.3 Å². The molecule has 0 fully saturated rings. The smallest absolute Gasteiger partial charge is 0.171 e. The van der Waals surface area contributed by atoms with Crippen LogP contribution in [0.1, 0.15) is 45.1 Å². The van der Waals surface area contributed by atoms with E-state index in [4.69, 9.17) is 9.16 Å². The predicted molar refractivity (Wildman–Crippen MR) is 118 cm³/mol. The van der Waals surface area contributed by atoms with E-state index in [1.54, 1.807) is 6.20 Å². The van der Waals surface area contributed by atoms with Crippen molar-refractivity contribution in [3.05, 3.63) is 59.9 Å². The molecule has 0 aliphatic carbocycles. The van der Waals surface area contributed by atoms with E-state index < -0.39 is 9.04 Å². The summed E-state index contributed by atoms with van der Waals surface area (Å²) in [5.41, 5.74) is 3.14. The molecule has 0 saturated heterocycles. The molecule has 28 heavy (non-hydrogen) atoms. The molecule has 150 valence electrons. The van der Waals surface area contributed by atoms with Crippen LogP contribution in [0.15, 0.2) is 48.7 Å². The van der Waals surface area contributed by atoms with Crippen LogP contribution in [0.25, 0.3) is 11.0 Å². The zero-order chi connectivity index (χ0) is 20.3. The van der Waals surface area contributed by atoms with Gasteiger partial charge in [0.25, 0.3) is 0 Å². The molecule has 2 heterocycles. The summed E-state index contributed by atoms with van der Waals surface area (Å²) in [7, 11) is -1.20. The number of pyridine rings is 1. The van der Waals surface area contributed by atoms with Gasteiger partial charge in [-0.05, 0) is 42.1 Å². The van der Waals surface area contributed by atoms with Crippen LogP contribution < -0.4 is 4.74 Å². The molecule has 1 N–H and O–H groups in total. The van der Waals surface area contributed by atoms with Crippen LogP contribution in [-0.2, 0) is 11.0 Å². The number of hydrogen-bond acceptors (Lipinski definition) is 3. The fourth-order valence-corrected chi connectivity index (χ4v) is 4.24. The van der Waals surface area contributed by atoms with Crippen molar-refractivity contribution in [3.63, 3.8) is 0 Å². The third kappa shape index (κ3) is 4.65. The Kier molecular flexibility index (Phi) is 6.25. The summed E-state index contributed by atoms with van der Waals surface area (Å²) in [6, 6.07) is 14.4. The lowest BCUT2D eigenvalue weighted by atomic mass is 9.75. The van der Waals surface area contributed by atoms with Crippen LogP contribution in [-0.4, -0.2) is 19.0 Å². The van der Waals surface area contributed by atoms with Crippen LogP contribution in [0.4, 0.5) is 0 Å². The number of nitrogens with one attached hydrogen (secondary N) is 1. The Hall–Kier alpha value is -2.11. The van der Waals surface area contributed by atoms with E-state index in [1.807, 2.05) is 18.2 Å². The van der Waals surface area contributed by atoms with Gasteiger partial charge in [0.15, 0.2) is 9.04 Å². The molecule has 0 saturated carbocycles. The zero-order valence-corrected chi connectivity index (χ0v) is 19.0.